The van der Waals surface area contributed by atoms with Crippen molar-refractivity contribution in [1.82, 2.24) is 52.3 Å². The molecule has 2 aliphatic heterocycles. The van der Waals surface area contributed by atoms with Crippen molar-refractivity contribution in [3.8, 4) is 0 Å². The fourth-order valence-electron chi connectivity index (χ4n) is 7.31. The first-order valence-electron chi connectivity index (χ1n) is 22.4. The quantitative estimate of drug-likeness (QED) is 0.0310. The molecule has 0 aromatic heterocycles. The summed E-state index contributed by atoms with van der Waals surface area (Å²) in [6.45, 7) is 3.60. The minimum atomic E-state index is -1.80. The Kier molecular flexibility index (Phi) is 24.3. The molecule has 0 aromatic rings. The van der Waals surface area contributed by atoms with Gasteiger partial charge in [-0.2, -0.15) is 0 Å². The van der Waals surface area contributed by atoms with Gasteiger partial charge in [0.2, 0.25) is 59.1 Å². The molecule has 0 bridgehead atoms. The maximum Gasteiger partial charge on any atom is 0.326 e. The van der Waals surface area contributed by atoms with Crippen LogP contribution in [0.15, 0.2) is 0 Å². The Balaban J connectivity index is 2.02. The molecular formula is C41H68N12O15. The molecule has 2 fully saturated rings. The van der Waals surface area contributed by atoms with Gasteiger partial charge in [-0.05, 0) is 70.8 Å². The highest BCUT2D eigenvalue weighted by molar-refractivity contribution is 5.98. The third kappa shape index (κ3) is 20.2. The Hall–Kier alpha value is -6.48. The van der Waals surface area contributed by atoms with Crippen molar-refractivity contribution in [3.63, 3.8) is 0 Å². The number of nitrogens with two attached hydrogens (primary N) is 2. The van der Waals surface area contributed by atoms with Gasteiger partial charge in [0.25, 0.3) is 0 Å². The molecule has 2 saturated heterocycles. The van der Waals surface area contributed by atoms with E-state index in [-0.39, 0.29) is 51.1 Å². The van der Waals surface area contributed by atoms with E-state index < -0.39 is 152 Å². The molecule has 10 amide bonds. The lowest BCUT2D eigenvalue weighted by atomic mass is 10.0. The Bertz CT molecular complexity index is 1850. The van der Waals surface area contributed by atoms with E-state index in [4.69, 9.17) is 11.5 Å². The Morgan fingerprint density at radius 2 is 1.43 bits per heavy atom. The van der Waals surface area contributed by atoms with Gasteiger partial charge >= 0.3 is 11.9 Å². The normalized spacial score (nSPS) is 18.7. The summed E-state index contributed by atoms with van der Waals surface area (Å²) >= 11 is 0. The molecule has 8 atom stereocenters. The molecule has 15 N–H and O–H groups in total. The number of hydrogen-bond donors (Lipinski definition) is 13. The standard InChI is InChI=1S/C41H68N12O15/c1-21(2)14-27(38(64)47-22(3)35(61)46-19-33(58)53-13-7-9-29(53)39(65)50-25(41(67)68)8-5-6-12-42)49-32(57)20-52(4)40(66)28(16-34(59)60)51-37(63)24(10-11-30(43)55)48-31(56)18-45-36(62)26-15-23(54)17-44-26/h21-29,44,54H,5-20,42H2,1-4H3,(H2,43,55)(H,45,62)(H,46,61)(H,47,64)(H,48,56)(H,49,57)(H,50,65)(H,51,63)(H,59,60)(H,67,68)/t22-,23+,24-,25-,26-,27-,28-,29-/m0/s1. The van der Waals surface area contributed by atoms with Gasteiger partial charge < -0.3 is 79.1 Å². The predicted molar refractivity (Wildman–Crippen MR) is 237 cm³/mol. The third-order valence-corrected chi connectivity index (χ3v) is 10.9. The van der Waals surface area contributed by atoms with Crippen LogP contribution in [0, 0.1) is 5.92 Å². The van der Waals surface area contributed by atoms with Crippen LogP contribution in [0.1, 0.15) is 85.0 Å². The van der Waals surface area contributed by atoms with E-state index in [0.717, 1.165) is 11.9 Å². The zero-order valence-electron chi connectivity index (χ0n) is 38.8. The number of carbonyl (C=O) groups is 12. The number of β-amino-alcohol motifs (C(OH)–C–C–N with tert-alkyl or cyclic N) is 1. The first-order chi connectivity index (χ1) is 31.9. The fraction of sp³-hybridized carbons (Fsp3) is 0.707. The molecule has 2 rings (SSSR count). The molecule has 0 saturated carbocycles. The van der Waals surface area contributed by atoms with Crippen LogP contribution in [0.2, 0.25) is 0 Å². The van der Waals surface area contributed by atoms with Crippen molar-refractivity contribution < 1.29 is 72.9 Å². The summed E-state index contributed by atoms with van der Waals surface area (Å²) in [5.41, 5.74) is 10.7. The summed E-state index contributed by atoms with van der Waals surface area (Å²) in [5.74, 6) is -11.2. The average molecular weight is 969 g/mol. The second-order valence-electron chi connectivity index (χ2n) is 17.2. The number of aliphatic carboxylic acids is 2. The number of rotatable bonds is 29. The number of carbonyl (C=O) groups excluding carboxylic acids is 10. The Morgan fingerprint density at radius 1 is 0.765 bits per heavy atom. The van der Waals surface area contributed by atoms with E-state index in [0.29, 0.717) is 25.8 Å². The van der Waals surface area contributed by atoms with Crippen molar-refractivity contribution in [2.24, 2.45) is 17.4 Å². The van der Waals surface area contributed by atoms with Crippen LogP contribution in [0.25, 0.3) is 0 Å². The molecule has 68 heavy (non-hydrogen) atoms. The minimum absolute atomic E-state index is 0.0522. The number of likely N-dealkylation sites (N-methyl/N-ethyl adjacent to an activating group) is 1. The lowest BCUT2D eigenvalue weighted by Gasteiger charge is -2.27. The van der Waals surface area contributed by atoms with Gasteiger partial charge in [-0.3, -0.25) is 52.7 Å². The van der Waals surface area contributed by atoms with E-state index >= 15 is 0 Å². The molecule has 0 aliphatic carbocycles. The number of carboxylic acid groups (broad SMARTS) is 2. The maximum absolute atomic E-state index is 13.5. The molecule has 2 heterocycles. The number of amides is 10. The van der Waals surface area contributed by atoms with Crippen LogP contribution in [0.4, 0.5) is 0 Å². The Labute approximate surface area is 392 Å². The van der Waals surface area contributed by atoms with Gasteiger partial charge in [0.1, 0.15) is 36.3 Å². The second kappa shape index (κ2) is 28.6. The van der Waals surface area contributed by atoms with E-state index in [1.807, 2.05) is 0 Å². The van der Waals surface area contributed by atoms with Crippen molar-refractivity contribution >= 4 is 71.0 Å². The van der Waals surface area contributed by atoms with Gasteiger partial charge in [-0.1, -0.05) is 13.8 Å². The van der Waals surface area contributed by atoms with Crippen LogP contribution >= 0.6 is 0 Å². The summed E-state index contributed by atoms with van der Waals surface area (Å²) in [7, 11) is 1.12. The number of unbranched alkanes of at least 4 members (excludes halogenated alkanes) is 1. The van der Waals surface area contributed by atoms with E-state index in [2.05, 4.69) is 42.5 Å². The van der Waals surface area contributed by atoms with Crippen molar-refractivity contribution in [2.75, 3.05) is 46.3 Å². The van der Waals surface area contributed by atoms with Crippen LogP contribution < -0.4 is 54.0 Å². The molecule has 27 heteroatoms. The monoisotopic (exact) mass is 968 g/mol. The maximum atomic E-state index is 13.5. The number of carboxylic acids is 2. The molecule has 27 nitrogen and oxygen atoms in total. The molecule has 382 valence electrons. The van der Waals surface area contributed by atoms with Crippen molar-refractivity contribution in [2.45, 2.75) is 133 Å². The van der Waals surface area contributed by atoms with Gasteiger partial charge in [0.15, 0.2) is 0 Å². The number of likely N-dealkylation sites (tertiary alicyclic amines) is 1. The Morgan fingerprint density at radius 3 is 2.01 bits per heavy atom. The highest BCUT2D eigenvalue weighted by atomic mass is 16.4. The first-order valence-corrected chi connectivity index (χ1v) is 22.4. The number of aliphatic hydroxyl groups is 1. The van der Waals surface area contributed by atoms with Crippen molar-refractivity contribution in [3.05, 3.63) is 0 Å². The molecular weight excluding hydrogens is 901 g/mol. The van der Waals surface area contributed by atoms with Gasteiger partial charge in [0, 0.05) is 26.6 Å². The second-order valence-corrected chi connectivity index (χ2v) is 17.2. The predicted octanol–water partition coefficient (Wildman–Crippen LogP) is -6.17. The first kappa shape index (κ1) is 57.6. The van der Waals surface area contributed by atoms with Gasteiger partial charge in [-0.25, -0.2) is 4.79 Å². The van der Waals surface area contributed by atoms with E-state index in [1.54, 1.807) is 13.8 Å². The number of hydrogen-bond acceptors (Lipinski definition) is 15. The van der Waals surface area contributed by atoms with Gasteiger partial charge in [-0.15, -0.1) is 0 Å². The SMILES string of the molecule is CC(C)C[C@H](NC(=O)CN(C)C(=O)[C@H](CC(=O)O)NC(=O)[C@H](CCC(N)=O)NC(=O)CNC(=O)[C@@H]1C[C@@H](O)CN1)C(=O)N[C@@H](C)C(=O)NCC(=O)N1CCC[C@H]1C(=O)N[C@@H](CCCCN)C(=O)O. The van der Waals surface area contributed by atoms with Crippen LogP contribution in [0.3, 0.4) is 0 Å². The summed E-state index contributed by atoms with van der Waals surface area (Å²) < 4.78 is 0. The topological polar surface area (TPSA) is 420 Å². The highest BCUT2D eigenvalue weighted by Gasteiger charge is 2.37. The van der Waals surface area contributed by atoms with Crippen LogP contribution in [-0.2, 0) is 57.5 Å². The van der Waals surface area contributed by atoms with E-state index in [1.165, 1.54) is 11.8 Å². The largest absolute Gasteiger partial charge is 0.481 e. The summed E-state index contributed by atoms with van der Waals surface area (Å²) in [4.78, 5) is 155. The molecule has 2 aliphatic rings. The number of nitrogens with one attached hydrogen (secondary N) is 8. The number of aliphatic hydroxyl groups excluding tert-OH is 1. The lowest BCUT2D eigenvalue weighted by molar-refractivity contribution is -0.144. The van der Waals surface area contributed by atoms with Crippen LogP contribution in [-0.4, -0.2) is 191 Å². The van der Waals surface area contributed by atoms with Gasteiger partial charge in [0.05, 0.1) is 38.2 Å². The zero-order valence-corrected chi connectivity index (χ0v) is 38.8. The molecule has 0 spiro atoms. The van der Waals surface area contributed by atoms with Crippen molar-refractivity contribution in [1.29, 1.82) is 0 Å². The van der Waals surface area contributed by atoms with Crippen LogP contribution in [0.5, 0.6) is 0 Å². The summed E-state index contributed by atoms with van der Waals surface area (Å²) in [5, 5.41) is 48.2. The number of primary amides is 1. The molecule has 0 aromatic carbocycles. The summed E-state index contributed by atoms with van der Waals surface area (Å²) in [6.07, 6.45) is -0.450. The average Bonchev–Trinajstić information content (AvgIpc) is 3.94. The number of nitrogens with zero attached hydrogens (tertiary/aromatic N) is 2. The smallest absolute Gasteiger partial charge is 0.326 e. The lowest BCUT2D eigenvalue weighted by Crippen LogP contribution is -2.57. The minimum Gasteiger partial charge on any atom is -0.481 e. The molecule has 0 radical (unpaired) electrons. The third-order valence-electron chi connectivity index (χ3n) is 10.9. The molecule has 0 unspecified atom stereocenters. The van der Waals surface area contributed by atoms with E-state index in [9.17, 15) is 72.9 Å². The highest BCUT2D eigenvalue weighted by Crippen LogP contribution is 2.18. The zero-order chi connectivity index (χ0) is 51.2. The summed E-state index contributed by atoms with van der Waals surface area (Å²) in [6, 6.07) is -8.73. The fourth-order valence-corrected chi connectivity index (χ4v) is 7.31.